The van der Waals surface area contributed by atoms with Crippen LogP contribution in [-0.4, -0.2) is 50.4 Å². The summed E-state index contributed by atoms with van der Waals surface area (Å²) in [6.45, 7) is 1.09. The summed E-state index contributed by atoms with van der Waals surface area (Å²) in [6, 6.07) is 0. The molecule has 0 bridgehead atoms. The zero-order chi connectivity index (χ0) is 10.2. The van der Waals surface area contributed by atoms with Crippen molar-refractivity contribution in [3.63, 3.8) is 0 Å². The summed E-state index contributed by atoms with van der Waals surface area (Å²) < 4.78 is 0. The summed E-state index contributed by atoms with van der Waals surface area (Å²) in [5.41, 5.74) is -0.0609. The first-order chi connectivity index (χ1) is 5.89. The fraction of sp³-hybridized carbons (Fsp3) is 0.833. The first kappa shape index (κ1) is 10.4. The van der Waals surface area contributed by atoms with E-state index < -0.39 is 30.0 Å². The molecule has 0 aliphatic carbocycles. The molecule has 0 amide bonds. The second-order valence-electron chi connectivity index (χ2n) is 3.01. The molecule has 1 saturated heterocycles. The van der Waals surface area contributed by atoms with Gasteiger partial charge in [0, 0.05) is 0 Å². The van der Waals surface area contributed by atoms with Crippen molar-refractivity contribution >= 4 is 5.97 Å². The normalized spacial score (nSPS) is 46.0. The lowest BCUT2D eigenvalue weighted by Gasteiger charge is -2.39. The van der Waals surface area contributed by atoms with Crippen molar-refractivity contribution in [2.75, 3.05) is 0 Å². The number of hydrogen-bond acceptors (Lipinski definition) is 6. The molecular weight excluding hydrogens is 182 g/mol. The van der Waals surface area contributed by atoms with Gasteiger partial charge in [0.05, 0.1) is 0 Å². The van der Waals surface area contributed by atoms with Gasteiger partial charge < -0.3 is 20.4 Å². The number of hydrogen-bond donors (Lipinski definition) is 5. The molecule has 1 fully saturated rings. The van der Waals surface area contributed by atoms with Crippen molar-refractivity contribution in [3.05, 3.63) is 0 Å². The van der Waals surface area contributed by atoms with E-state index in [2.05, 4.69) is 4.84 Å². The van der Waals surface area contributed by atoms with Crippen molar-refractivity contribution in [1.82, 2.24) is 5.48 Å². The van der Waals surface area contributed by atoms with Crippen LogP contribution >= 0.6 is 0 Å². The third-order valence-electron chi connectivity index (χ3n) is 2.03. The molecule has 76 valence electrons. The molecule has 0 radical (unpaired) electrons. The van der Waals surface area contributed by atoms with E-state index in [4.69, 9.17) is 15.3 Å². The minimum Gasteiger partial charge on any atom is -0.479 e. The van der Waals surface area contributed by atoms with Crippen LogP contribution in [0.2, 0.25) is 0 Å². The molecule has 7 heteroatoms. The quantitative estimate of drug-likeness (QED) is 0.310. The Morgan fingerprint density at radius 1 is 1.46 bits per heavy atom. The van der Waals surface area contributed by atoms with E-state index in [1.54, 1.807) is 0 Å². The average Bonchev–Trinajstić information content (AvgIpc) is 2.08. The maximum absolute atomic E-state index is 10.6. The largest absolute Gasteiger partial charge is 0.479 e. The van der Waals surface area contributed by atoms with Crippen LogP contribution in [0.1, 0.15) is 6.92 Å². The van der Waals surface area contributed by atoms with E-state index >= 15 is 0 Å². The molecule has 1 aliphatic rings. The van der Waals surface area contributed by atoms with Crippen LogP contribution in [0.15, 0.2) is 0 Å². The van der Waals surface area contributed by atoms with Crippen LogP contribution in [0.3, 0.4) is 0 Å². The van der Waals surface area contributed by atoms with Gasteiger partial charge in [0.1, 0.15) is 12.2 Å². The average molecular weight is 193 g/mol. The Morgan fingerprint density at radius 2 is 2.00 bits per heavy atom. The van der Waals surface area contributed by atoms with Crippen LogP contribution in [0.25, 0.3) is 0 Å². The molecule has 0 aromatic carbocycles. The highest BCUT2D eigenvalue weighted by molar-refractivity contribution is 5.78. The number of carbonyl (C=O) groups is 1. The monoisotopic (exact) mass is 193 g/mol. The minimum atomic E-state index is -1.96. The summed E-state index contributed by atoms with van der Waals surface area (Å²) in [5.74, 6) is -1.43. The van der Waals surface area contributed by atoms with Gasteiger partial charge in [-0.2, -0.15) is 5.48 Å². The van der Waals surface area contributed by atoms with Gasteiger partial charge in [0.2, 0.25) is 5.60 Å². The molecule has 0 aromatic heterocycles. The molecule has 0 unspecified atom stereocenters. The van der Waals surface area contributed by atoms with Gasteiger partial charge in [0.15, 0.2) is 6.23 Å². The van der Waals surface area contributed by atoms with E-state index in [9.17, 15) is 9.90 Å². The number of hydroxylamine groups is 1. The van der Waals surface area contributed by atoms with Gasteiger partial charge in [-0.15, -0.1) is 0 Å². The fourth-order valence-electron chi connectivity index (χ4n) is 0.982. The minimum absolute atomic E-state index is 1.09. The van der Waals surface area contributed by atoms with Crippen LogP contribution in [0.5, 0.6) is 0 Å². The van der Waals surface area contributed by atoms with Crippen LogP contribution in [0, 0.1) is 0 Å². The summed E-state index contributed by atoms with van der Waals surface area (Å²) in [4.78, 5) is 15.1. The topological polar surface area (TPSA) is 119 Å². The molecule has 0 aromatic rings. The second-order valence-corrected chi connectivity index (χ2v) is 3.01. The van der Waals surface area contributed by atoms with Crippen LogP contribution < -0.4 is 5.48 Å². The molecular formula is C6H11NO6. The number of aliphatic hydroxyl groups excluding tert-OH is 3. The smallest absolute Gasteiger partial charge is 0.340 e. The summed E-state index contributed by atoms with van der Waals surface area (Å²) >= 11 is 0. The number of carboxylic acids is 1. The first-order valence-corrected chi connectivity index (χ1v) is 3.60. The van der Waals surface area contributed by atoms with E-state index in [1.807, 2.05) is 5.48 Å². The third kappa shape index (κ3) is 1.52. The fourth-order valence-corrected chi connectivity index (χ4v) is 0.982. The second kappa shape index (κ2) is 3.20. The highest BCUT2D eigenvalue weighted by Gasteiger charge is 2.52. The highest BCUT2D eigenvalue weighted by Crippen LogP contribution is 2.23. The van der Waals surface area contributed by atoms with E-state index in [0.717, 1.165) is 6.92 Å². The van der Waals surface area contributed by atoms with Crippen molar-refractivity contribution in [2.24, 2.45) is 0 Å². The van der Waals surface area contributed by atoms with E-state index in [-0.39, 0.29) is 0 Å². The number of nitrogens with one attached hydrogen (secondary N) is 1. The van der Waals surface area contributed by atoms with Gasteiger partial charge in [0.25, 0.3) is 0 Å². The lowest BCUT2D eigenvalue weighted by molar-refractivity contribution is -0.274. The molecule has 1 rings (SSSR count). The Bertz CT molecular complexity index is 221. The molecule has 4 atom stereocenters. The Labute approximate surface area is 73.5 Å². The Morgan fingerprint density at radius 3 is 2.46 bits per heavy atom. The number of aliphatic carboxylic acids is 1. The Hall–Kier alpha value is -0.730. The molecule has 13 heavy (non-hydrogen) atoms. The lowest BCUT2D eigenvalue weighted by Crippen LogP contribution is -2.66. The SMILES string of the molecule is C[C@@]1(C(=O)O)ON[C@@H](O)[C@H](O)[C@@H]1O. The molecule has 1 heterocycles. The molecule has 0 spiro atoms. The third-order valence-corrected chi connectivity index (χ3v) is 2.03. The van der Waals surface area contributed by atoms with E-state index in [1.165, 1.54) is 0 Å². The van der Waals surface area contributed by atoms with Crippen molar-refractivity contribution in [2.45, 2.75) is 31.0 Å². The molecule has 7 nitrogen and oxygen atoms in total. The molecule has 0 saturated carbocycles. The number of aliphatic hydroxyl groups is 3. The molecule has 1 aliphatic heterocycles. The van der Waals surface area contributed by atoms with Gasteiger partial charge >= 0.3 is 5.97 Å². The lowest BCUT2D eigenvalue weighted by atomic mass is 9.93. The predicted octanol–water partition coefficient (Wildman–Crippen LogP) is -2.60. The summed E-state index contributed by atoms with van der Waals surface area (Å²) in [6.07, 6.45) is -4.79. The maximum Gasteiger partial charge on any atom is 0.340 e. The summed E-state index contributed by atoms with van der Waals surface area (Å²) in [5, 5.41) is 36.0. The zero-order valence-corrected chi connectivity index (χ0v) is 6.84. The summed E-state index contributed by atoms with van der Waals surface area (Å²) in [7, 11) is 0. The van der Waals surface area contributed by atoms with E-state index in [0.29, 0.717) is 0 Å². The van der Waals surface area contributed by atoms with Crippen LogP contribution in [-0.2, 0) is 9.63 Å². The zero-order valence-electron chi connectivity index (χ0n) is 6.84. The van der Waals surface area contributed by atoms with Crippen molar-refractivity contribution < 1.29 is 30.1 Å². The van der Waals surface area contributed by atoms with Crippen molar-refractivity contribution in [3.8, 4) is 0 Å². The predicted molar refractivity (Wildman–Crippen MR) is 38.3 cm³/mol. The maximum atomic E-state index is 10.6. The highest BCUT2D eigenvalue weighted by atomic mass is 16.7. The number of rotatable bonds is 1. The molecule has 5 N–H and O–H groups in total. The Balaban J connectivity index is 2.85. The first-order valence-electron chi connectivity index (χ1n) is 3.60. The van der Waals surface area contributed by atoms with Gasteiger partial charge in [-0.3, -0.25) is 4.84 Å². The van der Waals surface area contributed by atoms with Crippen LogP contribution in [0.4, 0.5) is 0 Å². The van der Waals surface area contributed by atoms with Crippen molar-refractivity contribution in [1.29, 1.82) is 0 Å². The van der Waals surface area contributed by atoms with Gasteiger partial charge in [-0.05, 0) is 6.92 Å². The van der Waals surface area contributed by atoms with Gasteiger partial charge in [-0.25, -0.2) is 4.79 Å². The standard InChI is InChI=1S/C6H11NO6/c1-6(5(11)12)3(9)2(8)4(10)7-13-6/h2-4,7-10H,1H3,(H,11,12)/t2-,3+,4+,6-/m1/s1. The Kier molecular flexibility index (Phi) is 2.55. The number of carboxylic acid groups (broad SMARTS) is 1. The van der Waals surface area contributed by atoms with Gasteiger partial charge in [-0.1, -0.05) is 0 Å².